The minimum Gasteiger partial charge on any atom is -0.497 e. The van der Waals surface area contributed by atoms with E-state index in [4.69, 9.17) is 4.74 Å². The van der Waals surface area contributed by atoms with Crippen LogP contribution in [0, 0.1) is 0 Å². The highest BCUT2D eigenvalue weighted by atomic mass is 31.2. The van der Waals surface area contributed by atoms with Gasteiger partial charge in [-0.25, -0.2) is 0 Å². The van der Waals surface area contributed by atoms with Crippen molar-refractivity contribution in [2.24, 2.45) is 0 Å². The van der Waals surface area contributed by atoms with Crippen LogP contribution in [0.15, 0.2) is 54.6 Å². The molecule has 2 rings (SSSR count). The molecule has 2 atom stereocenters. The van der Waals surface area contributed by atoms with E-state index in [-0.39, 0.29) is 6.04 Å². The molecule has 0 aliphatic heterocycles. The van der Waals surface area contributed by atoms with Gasteiger partial charge in [-0.2, -0.15) is 0 Å². The smallest absolute Gasteiger partial charge is 0.387 e. The summed E-state index contributed by atoms with van der Waals surface area (Å²) < 4.78 is 17.0. The van der Waals surface area contributed by atoms with Gasteiger partial charge in [-0.1, -0.05) is 30.3 Å². The lowest BCUT2D eigenvalue weighted by atomic mass is 10.1. The van der Waals surface area contributed by atoms with Gasteiger partial charge in [0.05, 0.1) is 7.11 Å². The molecule has 0 aliphatic rings. The topological polar surface area (TPSA) is 83.4 Å². The van der Waals surface area contributed by atoms with Crippen molar-refractivity contribution >= 4 is 7.60 Å². The molecule has 0 saturated heterocycles. The van der Waals surface area contributed by atoms with Crippen LogP contribution < -0.4 is 10.1 Å². The van der Waals surface area contributed by atoms with Crippen molar-refractivity contribution in [1.29, 1.82) is 0 Å². The monoisotopic (exact) mass is 322 g/mol. The molecule has 0 amide bonds. The fourth-order valence-corrected chi connectivity index (χ4v) is 3.40. The van der Waals surface area contributed by atoms with Gasteiger partial charge in [0, 0.05) is 11.1 Å². The Morgan fingerprint density at radius 1 is 1.00 bits per heavy atom. The van der Waals surface area contributed by atoms with E-state index in [9.17, 15) is 14.4 Å². The number of hydrogen-bond donors (Lipinski definition) is 3. The van der Waals surface area contributed by atoms with E-state index in [1.807, 2.05) is 37.3 Å². The molecule has 118 valence electrons. The van der Waals surface area contributed by atoms with Gasteiger partial charge < -0.3 is 19.8 Å². The Hall–Kier alpha value is -1.65. The second-order valence-electron chi connectivity index (χ2n) is 5.20. The molecule has 2 aromatic carbocycles. The van der Waals surface area contributed by atoms with Crippen LogP contribution in [0.4, 0.5) is 0 Å². The van der Waals surface area contributed by atoms with Crippen molar-refractivity contribution in [3.8, 4) is 5.75 Å². The first-order valence-corrected chi connectivity index (χ1v) is 8.69. The Balaban J connectivity index is 2.25. The molecule has 0 spiro atoms. The number of hydrogen-bond acceptors (Lipinski definition) is 2. The lowest BCUT2D eigenvalue weighted by Crippen LogP contribution is -2.85. The Kier molecular flexibility index (Phi) is 5.37. The fourth-order valence-electron chi connectivity index (χ4n) is 2.36. The first-order valence-electron chi connectivity index (χ1n) is 7.01. The first kappa shape index (κ1) is 16.7. The van der Waals surface area contributed by atoms with Gasteiger partial charge in [0.15, 0.2) is 0 Å². The minimum atomic E-state index is -4.29. The third kappa shape index (κ3) is 4.18. The zero-order valence-electron chi connectivity index (χ0n) is 12.6. The summed E-state index contributed by atoms with van der Waals surface area (Å²) in [5.74, 6) is -0.280. The predicted octanol–water partition coefficient (Wildman–Crippen LogP) is 2.20. The van der Waals surface area contributed by atoms with Gasteiger partial charge in [0.25, 0.3) is 0 Å². The molecule has 0 radical (unpaired) electrons. The van der Waals surface area contributed by atoms with Crippen LogP contribution in [-0.4, -0.2) is 16.9 Å². The van der Waals surface area contributed by atoms with Crippen molar-refractivity contribution in [2.75, 3.05) is 7.11 Å². The van der Waals surface area contributed by atoms with Crippen molar-refractivity contribution < 1.29 is 24.4 Å². The standard InChI is InChI=1S/C16H20NO4P/c1-12(13-6-4-3-5-7-13)17-16(22(18,19)20)14-8-10-15(21-2)11-9-14/h3-12,16-17H,1-2H3,(H2,18,19,20)/p+1/t12-,16+/m0/s1. The third-order valence-corrected chi connectivity index (χ3v) is 4.81. The lowest BCUT2D eigenvalue weighted by Gasteiger charge is -2.21. The molecule has 6 heteroatoms. The summed E-state index contributed by atoms with van der Waals surface area (Å²) in [7, 11) is -2.74. The highest BCUT2D eigenvalue weighted by Gasteiger charge is 2.35. The summed E-state index contributed by atoms with van der Waals surface area (Å²) >= 11 is 0. The quantitative estimate of drug-likeness (QED) is 0.712. The predicted molar refractivity (Wildman–Crippen MR) is 84.6 cm³/mol. The van der Waals surface area contributed by atoms with E-state index in [2.05, 4.69) is 0 Å². The summed E-state index contributed by atoms with van der Waals surface area (Å²) in [6.45, 7) is 1.93. The molecule has 0 unspecified atom stereocenters. The largest absolute Gasteiger partial charge is 0.497 e. The summed E-state index contributed by atoms with van der Waals surface area (Å²) in [6.07, 6.45) is 0. The van der Waals surface area contributed by atoms with Gasteiger partial charge in [-0.3, -0.25) is 4.57 Å². The van der Waals surface area contributed by atoms with Crippen molar-refractivity contribution in [3.63, 3.8) is 0 Å². The molecule has 5 nitrogen and oxygen atoms in total. The SMILES string of the molecule is COc1ccc([C@H]([NH2+][C@@H](C)c2ccccc2)P(=O)(O)O)cc1. The first-order chi connectivity index (χ1) is 10.4. The van der Waals surface area contributed by atoms with Crippen LogP contribution in [0.2, 0.25) is 0 Å². The number of benzene rings is 2. The minimum absolute atomic E-state index is 0.0686. The highest BCUT2D eigenvalue weighted by Crippen LogP contribution is 2.47. The summed E-state index contributed by atoms with van der Waals surface area (Å²) in [5.41, 5.74) is 1.60. The van der Waals surface area contributed by atoms with Gasteiger partial charge in [-0.05, 0) is 31.2 Å². The van der Waals surface area contributed by atoms with Gasteiger partial charge in [0.1, 0.15) is 11.8 Å². The molecule has 0 fully saturated rings. The average Bonchev–Trinajstić information content (AvgIpc) is 2.52. The maximum Gasteiger partial charge on any atom is 0.387 e. The van der Waals surface area contributed by atoms with Crippen molar-refractivity contribution in [2.45, 2.75) is 18.7 Å². The average molecular weight is 322 g/mol. The van der Waals surface area contributed by atoms with Gasteiger partial charge >= 0.3 is 7.60 Å². The van der Waals surface area contributed by atoms with Crippen LogP contribution in [0.1, 0.15) is 29.9 Å². The summed E-state index contributed by atoms with van der Waals surface area (Å²) in [6, 6.07) is 16.4. The molecule has 0 heterocycles. The van der Waals surface area contributed by atoms with Gasteiger partial charge in [-0.15, -0.1) is 0 Å². The maximum absolute atomic E-state index is 11.9. The molecule has 0 saturated carbocycles. The molecule has 0 aromatic heterocycles. The van der Waals surface area contributed by atoms with E-state index >= 15 is 0 Å². The summed E-state index contributed by atoms with van der Waals surface area (Å²) in [4.78, 5) is 19.4. The van der Waals surface area contributed by atoms with E-state index < -0.39 is 13.4 Å². The third-order valence-electron chi connectivity index (χ3n) is 3.62. The second kappa shape index (κ2) is 7.07. The number of quaternary nitrogens is 1. The van der Waals surface area contributed by atoms with Crippen molar-refractivity contribution in [1.82, 2.24) is 0 Å². The molecular formula is C16H21NO4P+. The second-order valence-corrected chi connectivity index (χ2v) is 6.93. The van der Waals surface area contributed by atoms with Gasteiger partial charge in [0.2, 0.25) is 5.78 Å². The zero-order chi connectivity index (χ0) is 16.2. The number of methoxy groups -OCH3 is 1. The Labute approximate surface area is 130 Å². The summed E-state index contributed by atoms with van der Waals surface area (Å²) in [5, 5.41) is 1.71. The van der Waals surface area contributed by atoms with Crippen molar-refractivity contribution in [3.05, 3.63) is 65.7 Å². The fraction of sp³-hybridized carbons (Fsp3) is 0.250. The van der Waals surface area contributed by atoms with Crippen LogP contribution >= 0.6 is 7.60 Å². The Morgan fingerprint density at radius 2 is 1.59 bits per heavy atom. The number of nitrogens with two attached hydrogens (primary N) is 1. The molecule has 4 N–H and O–H groups in total. The Bertz CT molecular complexity index is 639. The zero-order valence-corrected chi connectivity index (χ0v) is 13.5. The molecule has 22 heavy (non-hydrogen) atoms. The van der Waals surface area contributed by atoms with E-state index in [1.165, 1.54) is 0 Å². The maximum atomic E-state index is 11.9. The number of ether oxygens (including phenoxy) is 1. The normalized spacial score (nSPS) is 14.4. The molecule has 0 bridgehead atoms. The van der Waals surface area contributed by atoms with Crippen LogP contribution in [-0.2, 0) is 4.57 Å². The van der Waals surface area contributed by atoms with E-state index in [1.54, 1.807) is 36.7 Å². The Morgan fingerprint density at radius 3 is 2.09 bits per heavy atom. The molecule has 0 aliphatic carbocycles. The van der Waals surface area contributed by atoms with Crippen LogP contribution in [0.25, 0.3) is 0 Å². The van der Waals surface area contributed by atoms with E-state index in [0.717, 1.165) is 5.56 Å². The highest BCUT2D eigenvalue weighted by molar-refractivity contribution is 7.51. The van der Waals surface area contributed by atoms with Crippen LogP contribution in [0.3, 0.4) is 0 Å². The number of rotatable bonds is 6. The lowest BCUT2D eigenvalue weighted by molar-refractivity contribution is -0.714. The van der Waals surface area contributed by atoms with E-state index in [0.29, 0.717) is 11.3 Å². The van der Waals surface area contributed by atoms with Crippen LogP contribution in [0.5, 0.6) is 5.75 Å². The molecule has 2 aromatic rings. The molecular weight excluding hydrogens is 301 g/mol.